The zero-order valence-electron chi connectivity index (χ0n) is 13.0. The van der Waals surface area contributed by atoms with E-state index >= 15 is 0 Å². The third-order valence-corrected chi connectivity index (χ3v) is 4.42. The number of Topliss-reactive ketones (excluding diaryl/α,β-unsaturated/α-hetero) is 2. The molecule has 0 atom stereocenters. The van der Waals surface area contributed by atoms with Crippen molar-refractivity contribution in [2.24, 2.45) is 11.3 Å². The number of hydrogen-bond donors (Lipinski definition) is 1. The van der Waals surface area contributed by atoms with Crippen LogP contribution in [0, 0.1) is 11.3 Å². The van der Waals surface area contributed by atoms with Crippen molar-refractivity contribution in [3.8, 4) is 0 Å². The molecule has 1 aliphatic rings. The van der Waals surface area contributed by atoms with E-state index in [1.165, 1.54) is 6.07 Å². The summed E-state index contributed by atoms with van der Waals surface area (Å²) in [4.78, 5) is 24.3. The molecule has 2 rings (SSSR count). The minimum absolute atomic E-state index is 0.0298. The molecule has 0 spiro atoms. The van der Waals surface area contributed by atoms with Gasteiger partial charge in [0.2, 0.25) is 0 Å². The van der Waals surface area contributed by atoms with Gasteiger partial charge in [-0.05, 0) is 23.6 Å². The van der Waals surface area contributed by atoms with Crippen LogP contribution in [-0.2, 0) is 15.8 Å². The lowest BCUT2D eigenvalue weighted by molar-refractivity contribution is -0.138. The van der Waals surface area contributed by atoms with Crippen LogP contribution in [0.1, 0.15) is 32.3 Å². The van der Waals surface area contributed by atoms with E-state index in [0.29, 0.717) is 0 Å². The normalized spacial score (nSPS) is 18.6. The molecule has 1 aromatic carbocycles. The minimum atomic E-state index is -4.61. The molecule has 1 fully saturated rings. The molecule has 24 heavy (non-hydrogen) atoms. The fourth-order valence-corrected chi connectivity index (χ4v) is 3.32. The first kappa shape index (κ1) is 18.9. The zero-order valence-corrected chi connectivity index (χ0v) is 14.5. The number of carbonyl (C=O) groups excluding carboxylic acids is 2. The second-order valence-corrected chi connectivity index (χ2v) is 7.41. The number of alkyl halides is 3. The van der Waals surface area contributed by atoms with Gasteiger partial charge in [-0.2, -0.15) is 13.2 Å². The summed E-state index contributed by atoms with van der Waals surface area (Å²) in [6.45, 7) is 3.62. The topological polar surface area (TPSA) is 46.2 Å². The van der Waals surface area contributed by atoms with Gasteiger partial charge in [-0.25, -0.2) is 0 Å². The van der Waals surface area contributed by atoms with Crippen LogP contribution in [0.2, 0.25) is 5.02 Å². The maximum absolute atomic E-state index is 12.9. The van der Waals surface area contributed by atoms with Gasteiger partial charge in [0.25, 0.3) is 0 Å². The van der Waals surface area contributed by atoms with Crippen LogP contribution in [0.3, 0.4) is 0 Å². The van der Waals surface area contributed by atoms with Crippen molar-refractivity contribution >= 4 is 46.1 Å². The van der Waals surface area contributed by atoms with Gasteiger partial charge in [0.05, 0.1) is 15.6 Å². The molecule has 130 valence electrons. The molecular formula is C16H15ClF3NO2S. The van der Waals surface area contributed by atoms with Crippen molar-refractivity contribution in [1.29, 1.82) is 0 Å². The number of halogens is 4. The molecule has 0 aromatic heterocycles. The summed E-state index contributed by atoms with van der Waals surface area (Å²) in [5.74, 6) is -1.75. The molecule has 0 aliphatic heterocycles. The van der Waals surface area contributed by atoms with Gasteiger partial charge in [0, 0.05) is 18.5 Å². The molecule has 1 aromatic rings. The fraction of sp³-hybridized carbons (Fsp3) is 0.438. The largest absolute Gasteiger partial charge is 0.417 e. The summed E-state index contributed by atoms with van der Waals surface area (Å²) in [5.41, 5.74) is -1.41. The number of rotatable bonds is 2. The number of anilines is 1. The third-order valence-electron chi connectivity index (χ3n) is 3.75. The average Bonchev–Trinajstić information content (AvgIpc) is 2.37. The van der Waals surface area contributed by atoms with Crippen molar-refractivity contribution in [2.45, 2.75) is 32.9 Å². The van der Waals surface area contributed by atoms with E-state index in [1.807, 2.05) is 13.8 Å². The van der Waals surface area contributed by atoms with E-state index < -0.39 is 28.1 Å². The summed E-state index contributed by atoms with van der Waals surface area (Å²) >= 11 is 10.6. The number of nitrogens with one attached hydrogen (secondary N) is 1. The Labute approximate surface area is 147 Å². The smallest absolute Gasteiger partial charge is 0.349 e. The highest BCUT2D eigenvalue weighted by Gasteiger charge is 2.42. The van der Waals surface area contributed by atoms with E-state index in [0.717, 1.165) is 12.1 Å². The molecule has 0 radical (unpaired) electrons. The maximum atomic E-state index is 12.9. The van der Waals surface area contributed by atoms with Crippen LogP contribution in [0.25, 0.3) is 0 Å². The van der Waals surface area contributed by atoms with Crippen LogP contribution in [0.4, 0.5) is 18.9 Å². The lowest BCUT2D eigenvalue weighted by Gasteiger charge is -2.32. The van der Waals surface area contributed by atoms with Crippen molar-refractivity contribution in [3.05, 3.63) is 28.8 Å². The SMILES string of the molecule is CC1(C)CC(=O)C(C(=S)Nc2ccc(Cl)c(C(F)(F)F)c2)C(=O)C1. The Morgan fingerprint density at radius 3 is 2.29 bits per heavy atom. The first-order valence-electron chi connectivity index (χ1n) is 7.14. The predicted molar refractivity (Wildman–Crippen MR) is 89.2 cm³/mol. The standard InChI is InChI=1S/C16H15ClF3NO2S/c1-15(2)6-11(22)13(12(23)7-15)14(24)21-8-3-4-10(17)9(5-8)16(18,19)20/h3-5,13H,6-7H2,1-2H3,(H,21,24). The Bertz CT molecular complexity index is 696. The summed E-state index contributed by atoms with van der Waals surface area (Å²) in [6.07, 6.45) is -4.23. The van der Waals surface area contributed by atoms with Gasteiger partial charge in [-0.15, -0.1) is 0 Å². The second kappa shape index (κ2) is 6.44. The molecule has 0 heterocycles. The number of benzene rings is 1. The highest BCUT2D eigenvalue weighted by molar-refractivity contribution is 7.80. The Morgan fingerprint density at radius 1 is 1.25 bits per heavy atom. The molecule has 1 aliphatic carbocycles. The number of ketones is 2. The predicted octanol–water partition coefficient (Wildman–Crippen LogP) is 4.67. The highest BCUT2D eigenvalue weighted by atomic mass is 35.5. The van der Waals surface area contributed by atoms with Gasteiger partial charge in [-0.1, -0.05) is 37.7 Å². The van der Waals surface area contributed by atoms with E-state index in [9.17, 15) is 22.8 Å². The van der Waals surface area contributed by atoms with Gasteiger partial charge >= 0.3 is 6.18 Å². The van der Waals surface area contributed by atoms with E-state index in [2.05, 4.69) is 5.32 Å². The summed E-state index contributed by atoms with van der Waals surface area (Å²) < 4.78 is 38.6. The van der Waals surface area contributed by atoms with Crippen LogP contribution >= 0.6 is 23.8 Å². The fourth-order valence-electron chi connectivity index (χ4n) is 2.72. The Hall–Kier alpha value is -1.47. The summed E-state index contributed by atoms with van der Waals surface area (Å²) in [7, 11) is 0. The lowest BCUT2D eigenvalue weighted by Crippen LogP contribution is -2.43. The van der Waals surface area contributed by atoms with Crippen molar-refractivity contribution < 1.29 is 22.8 Å². The maximum Gasteiger partial charge on any atom is 0.417 e. The van der Waals surface area contributed by atoms with E-state index in [-0.39, 0.29) is 35.1 Å². The van der Waals surface area contributed by atoms with Crippen LogP contribution in [0.15, 0.2) is 18.2 Å². The van der Waals surface area contributed by atoms with Gasteiger partial charge in [-0.3, -0.25) is 9.59 Å². The molecule has 1 saturated carbocycles. The average molecular weight is 378 g/mol. The second-order valence-electron chi connectivity index (χ2n) is 6.57. The quantitative estimate of drug-likeness (QED) is 0.601. The van der Waals surface area contributed by atoms with Crippen LogP contribution in [-0.4, -0.2) is 16.6 Å². The molecule has 0 unspecified atom stereocenters. The molecule has 0 amide bonds. The van der Waals surface area contributed by atoms with Crippen LogP contribution in [0.5, 0.6) is 0 Å². The van der Waals surface area contributed by atoms with E-state index in [1.54, 1.807) is 0 Å². The Kier molecular flexibility index (Phi) is 5.06. The highest BCUT2D eigenvalue weighted by Crippen LogP contribution is 2.37. The first-order chi connectivity index (χ1) is 10.9. The molecule has 1 N–H and O–H groups in total. The molecule has 3 nitrogen and oxygen atoms in total. The molecule has 0 bridgehead atoms. The Morgan fingerprint density at radius 2 is 1.79 bits per heavy atom. The molecule has 8 heteroatoms. The van der Waals surface area contributed by atoms with Crippen molar-refractivity contribution in [3.63, 3.8) is 0 Å². The van der Waals surface area contributed by atoms with Gasteiger partial charge in [0.15, 0.2) is 11.6 Å². The Balaban J connectivity index is 2.21. The van der Waals surface area contributed by atoms with Crippen molar-refractivity contribution in [2.75, 3.05) is 5.32 Å². The number of hydrogen-bond acceptors (Lipinski definition) is 3. The summed E-state index contributed by atoms with van der Waals surface area (Å²) in [6, 6.07) is 3.20. The van der Waals surface area contributed by atoms with E-state index in [4.69, 9.17) is 23.8 Å². The van der Waals surface area contributed by atoms with Gasteiger partial charge in [0.1, 0.15) is 5.92 Å². The molecule has 0 saturated heterocycles. The number of thiocarbonyl (C=S) groups is 1. The molecular weight excluding hydrogens is 363 g/mol. The minimum Gasteiger partial charge on any atom is -0.349 e. The number of carbonyl (C=O) groups is 2. The summed E-state index contributed by atoms with van der Waals surface area (Å²) in [5, 5.41) is 2.13. The monoisotopic (exact) mass is 377 g/mol. The third kappa shape index (κ3) is 4.13. The lowest BCUT2D eigenvalue weighted by atomic mass is 9.71. The zero-order chi connectivity index (χ0) is 18.3. The van der Waals surface area contributed by atoms with Crippen molar-refractivity contribution in [1.82, 2.24) is 0 Å². The van der Waals surface area contributed by atoms with Crippen LogP contribution < -0.4 is 5.32 Å². The first-order valence-corrected chi connectivity index (χ1v) is 7.92. The van der Waals surface area contributed by atoms with Gasteiger partial charge < -0.3 is 5.32 Å².